The summed E-state index contributed by atoms with van der Waals surface area (Å²) < 4.78 is 68.1. The quantitative estimate of drug-likeness (QED) is 0.177. The van der Waals surface area contributed by atoms with E-state index in [1.807, 2.05) is 0 Å². The molecule has 2 unspecified atom stereocenters. The van der Waals surface area contributed by atoms with Crippen LogP contribution in [0.15, 0.2) is 29.7 Å². The van der Waals surface area contributed by atoms with Gasteiger partial charge < -0.3 is 44.3 Å². The van der Waals surface area contributed by atoms with Gasteiger partial charge in [-0.1, -0.05) is 0 Å². The Bertz CT molecular complexity index is 1950. The molecule has 242 valence electrons. The van der Waals surface area contributed by atoms with E-state index in [-0.39, 0.29) is 28.6 Å². The van der Waals surface area contributed by atoms with Gasteiger partial charge in [-0.05, 0) is 29.7 Å². The first-order valence-corrected chi connectivity index (χ1v) is 18.2. The highest BCUT2D eigenvalue weighted by Crippen LogP contribution is 2.54. The van der Waals surface area contributed by atoms with Crippen molar-refractivity contribution in [3.63, 3.8) is 0 Å². The van der Waals surface area contributed by atoms with Crippen molar-refractivity contribution in [2.75, 3.05) is 24.7 Å². The Balaban J connectivity index is 1.21. The number of anilines is 2. The summed E-state index contributed by atoms with van der Waals surface area (Å²) >= 11 is 10.3. The van der Waals surface area contributed by atoms with Gasteiger partial charge in [0.25, 0.3) is 5.56 Å². The molecule has 10 atom stereocenters. The van der Waals surface area contributed by atoms with Crippen LogP contribution in [-0.4, -0.2) is 93.8 Å². The molecule has 0 amide bonds. The molecule has 4 aromatic heterocycles. The van der Waals surface area contributed by atoms with Crippen LogP contribution in [0.25, 0.3) is 22.2 Å². The normalized spacial score (nSPS) is 37.7. The molecule has 0 aliphatic carbocycles. The SMILES string of the molecule is Nc1nc2c(ncn2[C@@H]2O[C@@H]3COP(O)(=S)O[C@H]4[C@H](F)[C@H](n5ccc6c(N)ncnc65)O[C@@H]4COP(O)(=S)O[C@@H]2[C@H]3F)c(=O)[nH]1. The van der Waals surface area contributed by atoms with Crippen molar-refractivity contribution in [2.45, 2.75) is 49.2 Å². The summed E-state index contributed by atoms with van der Waals surface area (Å²) in [6.07, 6.45) is -9.17. The first kappa shape index (κ1) is 31.0. The van der Waals surface area contributed by atoms with Gasteiger partial charge in [0.1, 0.15) is 42.2 Å². The van der Waals surface area contributed by atoms with E-state index in [2.05, 4.69) is 24.9 Å². The van der Waals surface area contributed by atoms with E-state index in [1.165, 1.54) is 17.1 Å². The maximum absolute atomic E-state index is 16.0. The van der Waals surface area contributed by atoms with Crippen molar-refractivity contribution < 1.29 is 46.1 Å². The van der Waals surface area contributed by atoms with E-state index in [4.69, 9.17) is 62.6 Å². The Morgan fingerprint density at radius 1 is 0.933 bits per heavy atom. The Morgan fingerprint density at radius 3 is 2.38 bits per heavy atom. The number of nitrogen functional groups attached to an aromatic ring is 2. The number of aromatic amines is 1. The molecule has 3 saturated heterocycles. The van der Waals surface area contributed by atoms with Crippen molar-refractivity contribution >= 4 is 71.0 Å². The topological polar surface area (TPSA) is 242 Å². The molecule has 3 aliphatic rings. The van der Waals surface area contributed by atoms with Gasteiger partial charge in [0, 0.05) is 6.20 Å². The predicted octanol–water partition coefficient (Wildman–Crippen LogP) is 0.451. The number of nitrogens with one attached hydrogen (secondary N) is 1. The van der Waals surface area contributed by atoms with Crippen molar-refractivity contribution in [3.8, 4) is 0 Å². The molecule has 0 aromatic carbocycles. The highest BCUT2D eigenvalue weighted by molar-refractivity contribution is 8.07. The molecule has 0 saturated carbocycles. The van der Waals surface area contributed by atoms with E-state index in [0.29, 0.717) is 5.39 Å². The van der Waals surface area contributed by atoms with Crippen molar-refractivity contribution in [2.24, 2.45) is 0 Å². The van der Waals surface area contributed by atoms with Gasteiger partial charge in [0.2, 0.25) is 5.95 Å². The molecule has 4 aromatic rings. The first-order chi connectivity index (χ1) is 21.3. The van der Waals surface area contributed by atoms with Gasteiger partial charge in [-0.15, -0.1) is 0 Å². The largest absolute Gasteiger partial charge is 0.383 e. The summed E-state index contributed by atoms with van der Waals surface area (Å²) in [6, 6.07) is 1.57. The highest BCUT2D eigenvalue weighted by atomic mass is 32.5. The van der Waals surface area contributed by atoms with Gasteiger partial charge in [0.05, 0.1) is 24.9 Å². The van der Waals surface area contributed by atoms with Crippen LogP contribution >= 0.6 is 13.4 Å². The number of alkyl halides is 2. The lowest BCUT2D eigenvalue weighted by Crippen LogP contribution is -2.34. The second-order valence-electron chi connectivity index (χ2n) is 10.2. The maximum Gasteiger partial charge on any atom is 0.325 e. The second-order valence-corrected chi connectivity index (χ2v) is 15.8. The predicted molar refractivity (Wildman–Crippen MR) is 157 cm³/mol. The number of ether oxygens (including phenoxy) is 2. The van der Waals surface area contributed by atoms with Crippen molar-refractivity contribution in [1.29, 1.82) is 0 Å². The summed E-state index contributed by atoms with van der Waals surface area (Å²) in [5, 5.41) is 0.432. The minimum atomic E-state index is -4.34. The summed E-state index contributed by atoms with van der Waals surface area (Å²) in [5.41, 5.74) is 10.9. The number of halogens is 2. The monoisotopic (exact) mass is 709 g/mol. The van der Waals surface area contributed by atoms with Gasteiger partial charge >= 0.3 is 13.4 Å². The fourth-order valence-corrected chi connectivity index (χ4v) is 8.21. The van der Waals surface area contributed by atoms with Crippen LogP contribution in [-0.2, 0) is 51.2 Å². The van der Waals surface area contributed by atoms with Gasteiger partial charge in [0.15, 0.2) is 36.0 Å². The average Bonchev–Trinajstić information content (AvgIpc) is 3.72. The zero-order valence-electron chi connectivity index (χ0n) is 22.4. The molecule has 18 nitrogen and oxygen atoms in total. The Labute approximate surface area is 260 Å². The van der Waals surface area contributed by atoms with Crippen LogP contribution in [0.1, 0.15) is 12.5 Å². The summed E-state index contributed by atoms with van der Waals surface area (Å²) in [5.74, 6) is -0.0978. The molecule has 24 heteroatoms. The third kappa shape index (κ3) is 5.57. The summed E-state index contributed by atoms with van der Waals surface area (Å²) in [6.45, 7) is -9.97. The molecule has 7 heterocycles. The smallest absolute Gasteiger partial charge is 0.325 e. The number of imidazole rings is 1. The number of nitrogens with zero attached hydrogens (tertiary/aromatic N) is 6. The molecular weight excluding hydrogens is 686 g/mol. The van der Waals surface area contributed by atoms with Crippen molar-refractivity contribution in [3.05, 3.63) is 35.3 Å². The minimum absolute atomic E-state index is 0.0840. The third-order valence-corrected chi connectivity index (χ3v) is 10.5. The molecule has 0 spiro atoms. The van der Waals surface area contributed by atoms with E-state index >= 15 is 8.78 Å². The summed E-state index contributed by atoms with van der Waals surface area (Å²) in [7, 11) is 0. The molecule has 45 heavy (non-hydrogen) atoms. The Morgan fingerprint density at radius 2 is 1.62 bits per heavy atom. The van der Waals surface area contributed by atoms with Crippen LogP contribution < -0.4 is 17.0 Å². The first-order valence-electron chi connectivity index (χ1n) is 13.0. The Hall–Kier alpha value is -2.59. The van der Waals surface area contributed by atoms with Gasteiger partial charge in [-0.2, -0.15) is 4.98 Å². The zero-order valence-corrected chi connectivity index (χ0v) is 25.8. The molecule has 2 bridgehead atoms. The molecule has 0 radical (unpaired) electrons. The maximum atomic E-state index is 16.0. The zero-order chi connectivity index (χ0) is 31.8. The summed E-state index contributed by atoms with van der Waals surface area (Å²) in [4.78, 5) is 52.6. The Kier molecular flexibility index (Phi) is 7.78. The number of H-pyrrole nitrogens is 1. The van der Waals surface area contributed by atoms with Crippen LogP contribution in [0.2, 0.25) is 0 Å². The third-order valence-electron chi connectivity index (χ3n) is 7.38. The minimum Gasteiger partial charge on any atom is -0.383 e. The number of rotatable bonds is 2. The lowest BCUT2D eigenvalue weighted by molar-refractivity contribution is -0.0598. The average molecular weight is 710 g/mol. The molecular formula is C21H23F2N9O9P2S2. The van der Waals surface area contributed by atoms with Crippen LogP contribution in [0.4, 0.5) is 20.5 Å². The van der Waals surface area contributed by atoms with E-state index in [0.717, 1.165) is 10.9 Å². The molecule has 7 rings (SSSR count). The fraction of sp³-hybridized carbons (Fsp3) is 0.476. The van der Waals surface area contributed by atoms with Gasteiger partial charge in [-0.25, -0.2) is 23.7 Å². The fourth-order valence-electron chi connectivity index (χ4n) is 5.37. The second kappa shape index (κ2) is 11.3. The lowest BCUT2D eigenvalue weighted by Gasteiger charge is -2.27. The van der Waals surface area contributed by atoms with Crippen molar-refractivity contribution in [1.82, 2.24) is 34.1 Å². The highest BCUT2D eigenvalue weighted by Gasteiger charge is 2.53. The number of nitrogens with two attached hydrogens (primary N) is 2. The molecule has 7 N–H and O–H groups in total. The van der Waals surface area contributed by atoms with E-state index in [1.54, 1.807) is 6.07 Å². The number of hydrogen-bond donors (Lipinski definition) is 5. The van der Waals surface area contributed by atoms with E-state index in [9.17, 15) is 14.6 Å². The standard InChI is InChI=1S/C21H23F2N9O9P2S2/c22-10-8-3-36-42(34,44)40-13-9(39-19(11(13)23)31-2-1-7-15(24)26-5-27-16(7)31)4-37-43(35,45)41-14(10)20(38-8)32-6-28-12-17(32)29-21(25)30-18(12)33/h1-2,5-6,8-11,13-14,19-20H,3-4H2,(H,34,44)(H,35,45)(H2,24,26,27)(H3,25,29,30,33)/t8-,9-,10+,11+,13-,14-,19-,20-,42?,43?/m1/s1. The van der Waals surface area contributed by atoms with Crippen LogP contribution in [0.3, 0.4) is 0 Å². The van der Waals surface area contributed by atoms with Crippen LogP contribution in [0.5, 0.6) is 0 Å². The van der Waals surface area contributed by atoms with E-state index < -0.39 is 81.4 Å². The number of aromatic nitrogens is 7. The molecule has 3 aliphatic heterocycles. The van der Waals surface area contributed by atoms with Gasteiger partial charge in [-0.3, -0.25) is 23.4 Å². The lowest BCUT2D eigenvalue weighted by atomic mass is 10.1. The number of hydrogen-bond acceptors (Lipinski definition) is 15. The van der Waals surface area contributed by atoms with Crippen LogP contribution in [0, 0.1) is 0 Å². The molecule has 3 fully saturated rings. The number of fused-ring (bicyclic) bond motifs is 5.